The Morgan fingerprint density at radius 3 is 2.50 bits per heavy atom. The van der Waals surface area contributed by atoms with Crippen molar-refractivity contribution in [1.82, 2.24) is 0 Å². The summed E-state index contributed by atoms with van der Waals surface area (Å²) in [5, 5.41) is 9.76. The van der Waals surface area contributed by atoms with Gasteiger partial charge in [-0.15, -0.1) is 0 Å². The topological polar surface area (TPSA) is 20.2 Å². The number of aliphatic hydroxyl groups is 1. The minimum absolute atomic E-state index is 0.00690. The summed E-state index contributed by atoms with van der Waals surface area (Å²) in [7, 11) is 0. The molecular weight excluding hydrogens is 120 g/mol. The average Bonchev–Trinajstić information content (AvgIpc) is 2.14. The van der Waals surface area contributed by atoms with E-state index in [1.165, 1.54) is 6.42 Å². The third-order valence-electron chi connectivity index (χ3n) is 1.69. The van der Waals surface area contributed by atoms with Gasteiger partial charge in [0.25, 0.3) is 0 Å². The Hall–Kier alpha value is 0.310. The Labute approximate surface area is 54.5 Å². The Balaban J connectivity index is 2.22. The van der Waals surface area contributed by atoms with Crippen LogP contribution in [-0.2, 0) is 0 Å². The van der Waals surface area contributed by atoms with Crippen LogP contribution in [0.5, 0.6) is 0 Å². The second-order valence-electron chi connectivity index (χ2n) is 2.32. The Morgan fingerprint density at radius 1 is 1.50 bits per heavy atom. The Bertz CT molecular complexity index is 74.9. The van der Waals surface area contributed by atoms with Gasteiger partial charge in [-0.25, -0.2) is 0 Å². The number of rotatable bonds is 1. The van der Waals surface area contributed by atoms with Crippen LogP contribution in [-0.4, -0.2) is 22.7 Å². The van der Waals surface area contributed by atoms with E-state index in [1.807, 2.05) is 11.8 Å². The van der Waals surface area contributed by atoms with Crippen molar-refractivity contribution in [1.29, 1.82) is 0 Å². The van der Waals surface area contributed by atoms with Crippen LogP contribution in [0.4, 0.5) is 0 Å². The number of hydrogen-bond acceptors (Lipinski definition) is 2. The molecule has 2 atom stereocenters. The maximum absolute atomic E-state index is 9.02. The molecule has 2 unspecified atom stereocenters. The van der Waals surface area contributed by atoms with Crippen LogP contribution in [0, 0.1) is 0 Å². The van der Waals surface area contributed by atoms with Gasteiger partial charge in [-0.05, 0) is 25.5 Å². The van der Waals surface area contributed by atoms with Crippen LogP contribution in [0.15, 0.2) is 0 Å². The first kappa shape index (κ1) is 6.43. The van der Waals surface area contributed by atoms with Crippen molar-refractivity contribution >= 4 is 11.8 Å². The molecule has 0 spiro atoms. The zero-order valence-electron chi connectivity index (χ0n) is 5.13. The molecule has 1 saturated carbocycles. The fourth-order valence-corrected chi connectivity index (χ4v) is 1.92. The third kappa shape index (κ3) is 1.39. The first-order valence-corrected chi connectivity index (χ1v) is 4.32. The molecule has 0 aromatic heterocycles. The molecule has 1 aliphatic carbocycles. The van der Waals surface area contributed by atoms with E-state index >= 15 is 0 Å². The van der Waals surface area contributed by atoms with E-state index in [-0.39, 0.29) is 6.10 Å². The van der Waals surface area contributed by atoms with E-state index in [0.29, 0.717) is 0 Å². The van der Waals surface area contributed by atoms with E-state index < -0.39 is 0 Å². The van der Waals surface area contributed by atoms with Crippen molar-refractivity contribution < 1.29 is 5.11 Å². The molecular formula is C6H12OS. The second-order valence-corrected chi connectivity index (χ2v) is 3.46. The SMILES string of the molecule is CSC1CCC(O)C1. The Kier molecular flexibility index (Phi) is 2.20. The minimum Gasteiger partial charge on any atom is -0.393 e. The summed E-state index contributed by atoms with van der Waals surface area (Å²) in [5.41, 5.74) is 0. The Morgan fingerprint density at radius 2 is 2.25 bits per heavy atom. The summed E-state index contributed by atoms with van der Waals surface area (Å²) in [6.07, 6.45) is 5.37. The lowest BCUT2D eigenvalue weighted by Gasteiger charge is -2.01. The molecule has 0 aromatic carbocycles. The highest BCUT2D eigenvalue weighted by molar-refractivity contribution is 7.99. The zero-order chi connectivity index (χ0) is 5.98. The van der Waals surface area contributed by atoms with Crippen LogP contribution in [0.2, 0.25) is 0 Å². The first-order chi connectivity index (χ1) is 3.83. The maximum atomic E-state index is 9.02. The molecule has 0 bridgehead atoms. The van der Waals surface area contributed by atoms with Gasteiger partial charge in [0.2, 0.25) is 0 Å². The van der Waals surface area contributed by atoms with Crippen molar-refractivity contribution in [2.24, 2.45) is 0 Å². The molecule has 0 heterocycles. The smallest absolute Gasteiger partial charge is 0.0551 e. The molecule has 0 aliphatic heterocycles. The van der Waals surface area contributed by atoms with E-state index in [1.54, 1.807) is 0 Å². The van der Waals surface area contributed by atoms with Gasteiger partial charge >= 0.3 is 0 Å². The van der Waals surface area contributed by atoms with Gasteiger partial charge in [0, 0.05) is 5.25 Å². The molecule has 1 nitrogen and oxygen atoms in total. The fraction of sp³-hybridized carbons (Fsp3) is 1.00. The third-order valence-corrected chi connectivity index (χ3v) is 2.78. The van der Waals surface area contributed by atoms with E-state index in [2.05, 4.69) is 6.26 Å². The fourth-order valence-electron chi connectivity index (χ4n) is 1.13. The molecule has 1 aliphatic rings. The predicted molar refractivity (Wildman–Crippen MR) is 37.2 cm³/mol. The van der Waals surface area contributed by atoms with Gasteiger partial charge in [0.1, 0.15) is 0 Å². The first-order valence-electron chi connectivity index (χ1n) is 3.04. The van der Waals surface area contributed by atoms with Gasteiger partial charge in [-0.2, -0.15) is 11.8 Å². The van der Waals surface area contributed by atoms with Crippen LogP contribution in [0.3, 0.4) is 0 Å². The van der Waals surface area contributed by atoms with Gasteiger partial charge in [-0.3, -0.25) is 0 Å². The molecule has 48 valence electrons. The van der Waals surface area contributed by atoms with Crippen LogP contribution in [0.1, 0.15) is 19.3 Å². The number of thioether (sulfide) groups is 1. The van der Waals surface area contributed by atoms with Crippen LogP contribution in [0.25, 0.3) is 0 Å². The van der Waals surface area contributed by atoms with Crippen molar-refractivity contribution in [3.05, 3.63) is 0 Å². The lowest BCUT2D eigenvalue weighted by molar-refractivity contribution is 0.183. The summed E-state index contributed by atoms with van der Waals surface area (Å²) in [5.74, 6) is 0. The predicted octanol–water partition coefficient (Wildman–Crippen LogP) is 1.26. The van der Waals surface area contributed by atoms with Gasteiger partial charge in [0.15, 0.2) is 0 Å². The monoisotopic (exact) mass is 132 g/mol. The second kappa shape index (κ2) is 2.74. The maximum Gasteiger partial charge on any atom is 0.0551 e. The number of aliphatic hydroxyl groups excluding tert-OH is 1. The molecule has 2 heteroatoms. The molecule has 0 aromatic rings. The van der Waals surface area contributed by atoms with Crippen LogP contribution >= 0.6 is 11.8 Å². The largest absolute Gasteiger partial charge is 0.393 e. The molecule has 1 rings (SSSR count). The molecule has 8 heavy (non-hydrogen) atoms. The summed E-state index contributed by atoms with van der Waals surface area (Å²) in [6.45, 7) is 0. The minimum atomic E-state index is 0.00690. The van der Waals surface area contributed by atoms with E-state index in [9.17, 15) is 0 Å². The van der Waals surface area contributed by atoms with Crippen LogP contribution < -0.4 is 0 Å². The highest BCUT2D eigenvalue weighted by atomic mass is 32.2. The van der Waals surface area contributed by atoms with Crippen molar-refractivity contribution in [2.75, 3.05) is 6.26 Å². The highest BCUT2D eigenvalue weighted by Crippen LogP contribution is 2.27. The molecule has 1 fully saturated rings. The van der Waals surface area contributed by atoms with Crippen molar-refractivity contribution in [3.8, 4) is 0 Å². The zero-order valence-corrected chi connectivity index (χ0v) is 5.95. The molecule has 0 saturated heterocycles. The molecule has 1 N–H and O–H groups in total. The number of hydrogen-bond donors (Lipinski definition) is 1. The van der Waals surface area contributed by atoms with Gasteiger partial charge < -0.3 is 5.11 Å². The average molecular weight is 132 g/mol. The normalized spacial score (nSPS) is 38.2. The van der Waals surface area contributed by atoms with Crippen molar-refractivity contribution in [2.45, 2.75) is 30.6 Å². The quantitative estimate of drug-likeness (QED) is 0.579. The summed E-state index contributed by atoms with van der Waals surface area (Å²) >= 11 is 1.88. The van der Waals surface area contributed by atoms with Crippen molar-refractivity contribution in [3.63, 3.8) is 0 Å². The van der Waals surface area contributed by atoms with E-state index in [0.717, 1.165) is 18.1 Å². The van der Waals surface area contributed by atoms with Gasteiger partial charge in [0.05, 0.1) is 6.10 Å². The van der Waals surface area contributed by atoms with E-state index in [4.69, 9.17) is 5.11 Å². The molecule has 0 radical (unpaired) electrons. The lowest BCUT2D eigenvalue weighted by Crippen LogP contribution is -2.00. The molecule has 0 amide bonds. The van der Waals surface area contributed by atoms with Gasteiger partial charge in [-0.1, -0.05) is 0 Å². The summed E-state index contributed by atoms with van der Waals surface area (Å²) < 4.78 is 0. The standard InChI is InChI=1S/C6H12OS/c1-8-6-3-2-5(7)4-6/h5-7H,2-4H2,1H3. The lowest BCUT2D eigenvalue weighted by atomic mass is 10.3. The summed E-state index contributed by atoms with van der Waals surface area (Å²) in [6, 6.07) is 0. The highest BCUT2D eigenvalue weighted by Gasteiger charge is 2.20. The summed E-state index contributed by atoms with van der Waals surface area (Å²) in [4.78, 5) is 0.